The summed E-state index contributed by atoms with van der Waals surface area (Å²) in [5, 5.41) is 0. The van der Waals surface area contributed by atoms with Crippen molar-refractivity contribution in [2.75, 3.05) is 20.1 Å². The highest BCUT2D eigenvalue weighted by molar-refractivity contribution is 6.13. The molecule has 10 heteroatoms. The Morgan fingerprint density at radius 1 is 1.16 bits per heavy atom. The van der Waals surface area contributed by atoms with E-state index in [0.717, 1.165) is 12.1 Å². The van der Waals surface area contributed by atoms with Crippen molar-refractivity contribution in [1.82, 2.24) is 14.3 Å². The Kier molecular flexibility index (Phi) is 5.45. The number of pyridine rings is 1. The van der Waals surface area contributed by atoms with E-state index in [1.54, 1.807) is 6.92 Å². The van der Waals surface area contributed by atoms with E-state index in [4.69, 9.17) is 5.73 Å². The number of aromatic nitrogens is 2. The molecule has 6 nitrogen and oxygen atoms in total. The zero-order chi connectivity index (χ0) is 23.2. The molecule has 1 aromatic carbocycles. The number of aliphatic imine (C=N–C) groups is 1. The van der Waals surface area contributed by atoms with Gasteiger partial charge in [-0.1, -0.05) is 0 Å². The number of fused-ring (bicyclic) bond motifs is 1. The molecule has 0 saturated heterocycles. The molecule has 0 bridgehead atoms. The molecule has 3 aromatic rings. The molecule has 166 valence electrons. The van der Waals surface area contributed by atoms with Crippen LogP contribution >= 0.6 is 0 Å². The largest absolute Gasteiger partial charge is 0.400 e. The van der Waals surface area contributed by atoms with Crippen molar-refractivity contribution in [3.8, 4) is 0 Å². The molecule has 2 N–H and O–H groups in total. The molecule has 32 heavy (non-hydrogen) atoms. The highest BCUT2D eigenvalue weighted by Crippen LogP contribution is 2.25. The second-order valence-electron chi connectivity index (χ2n) is 7.43. The number of nitrogens with two attached hydrogens (primary N) is 1. The van der Waals surface area contributed by atoms with E-state index in [1.165, 1.54) is 34.7 Å². The van der Waals surface area contributed by atoms with Crippen LogP contribution in [0.15, 0.2) is 46.7 Å². The fraction of sp³-hybridized carbons (Fsp3) is 0.227. The molecule has 2 aromatic heterocycles. The van der Waals surface area contributed by atoms with Crippen LogP contribution in [0.1, 0.15) is 28.2 Å². The summed E-state index contributed by atoms with van der Waals surface area (Å²) in [6.45, 7) is 1.97. The summed E-state index contributed by atoms with van der Waals surface area (Å²) in [7, 11) is 1.44. The third kappa shape index (κ3) is 3.61. The predicted octanol–water partition coefficient (Wildman–Crippen LogP) is 3.38. The Labute approximate surface area is 180 Å². The first-order valence-corrected chi connectivity index (χ1v) is 9.74. The highest BCUT2D eigenvalue weighted by Gasteiger charge is 2.28. The number of benzene rings is 1. The van der Waals surface area contributed by atoms with Gasteiger partial charge in [0.25, 0.3) is 5.91 Å². The smallest absolute Gasteiger partial charge is 0.273 e. The highest BCUT2D eigenvalue weighted by atomic mass is 19.2. The topological polar surface area (TPSA) is 76.0 Å². The minimum atomic E-state index is -1.56. The Bertz CT molecular complexity index is 1290. The van der Waals surface area contributed by atoms with Crippen molar-refractivity contribution >= 4 is 17.3 Å². The summed E-state index contributed by atoms with van der Waals surface area (Å²) >= 11 is 0. The third-order valence-electron chi connectivity index (χ3n) is 5.40. The van der Waals surface area contributed by atoms with E-state index in [-0.39, 0.29) is 36.7 Å². The lowest BCUT2D eigenvalue weighted by Gasteiger charge is -2.30. The lowest BCUT2D eigenvalue weighted by atomic mass is 9.94. The molecule has 0 spiro atoms. The van der Waals surface area contributed by atoms with Crippen LogP contribution in [0.2, 0.25) is 0 Å². The van der Waals surface area contributed by atoms with Gasteiger partial charge < -0.3 is 10.6 Å². The Hall–Kier alpha value is -3.69. The summed E-state index contributed by atoms with van der Waals surface area (Å²) < 4.78 is 55.8. The minimum absolute atomic E-state index is 0.0488. The molecule has 4 rings (SSSR count). The van der Waals surface area contributed by atoms with Gasteiger partial charge in [-0.25, -0.2) is 22.5 Å². The Balaban J connectivity index is 1.65. The van der Waals surface area contributed by atoms with Crippen LogP contribution in [0.25, 0.3) is 5.65 Å². The number of amides is 1. The first-order valence-electron chi connectivity index (χ1n) is 9.74. The number of nitrogens with zero attached hydrogens (tertiary/aromatic N) is 4. The average molecular weight is 445 g/mol. The van der Waals surface area contributed by atoms with Gasteiger partial charge in [-0.05, 0) is 31.5 Å². The van der Waals surface area contributed by atoms with Gasteiger partial charge in [-0.3, -0.25) is 14.2 Å². The molecule has 0 radical (unpaired) electrons. The quantitative estimate of drug-likeness (QED) is 0.382. The number of aryl methyl sites for hydroxylation is 1. The van der Waals surface area contributed by atoms with Gasteiger partial charge in [-0.2, -0.15) is 0 Å². The number of carbonyl (C=O) groups is 1. The van der Waals surface area contributed by atoms with Gasteiger partial charge in [0.2, 0.25) is 0 Å². The van der Waals surface area contributed by atoms with Crippen molar-refractivity contribution in [2.45, 2.75) is 13.3 Å². The molecular formula is C22H19F4N5O. The maximum absolute atomic E-state index is 13.7. The standard InChI is InChI=1S/C22H19F4N5O/c1-11-21(31-6-3-13(23)9-18(31)29-11)22(32)30-5-4-14(17(27)10-30)20(28-2)12-7-15(24)19(26)16(25)8-12/h3,6-9H,4-5,10,27H2,1-2H3. The van der Waals surface area contributed by atoms with Gasteiger partial charge in [0.15, 0.2) is 17.5 Å². The third-order valence-corrected chi connectivity index (χ3v) is 5.40. The molecule has 0 saturated carbocycles. The monoisotopic (exact) mass is 445 g/mol. The second-order valence-corrected chi connectivity index (χ2v) is 7.43. The molecule has 0 atom stereocenters. The normalized spacial score (nSPS) is 15.1. The number of carbonyl (C=O) groups excluding carboxylic acids is 1. The van der Waals surface area contributed by atoms with Crippen LogP contribution in [-0.2, 0) is 0 Å². The lowest BCUT2D eigenvalue weighted by Crippen LogP contribution is -2.41. The Morgan fingerprint density at radius 2 is 1.84 bits per heavy atom. The number of imidazole rings is 1. The summed E-state index contributed by atoms with van der Waals surface area (Å²) in [4.78, 5) is 23.0. The zero-order valence-electron chi connectivity index (χ0n) is 17.3. The van der Waals surface area contributed by atoms with Crippen molar-refractivity contribution in [2.24, 2.45) is 10.7 Å². The number of halogens is 4. The predicted molar refractivity (Wildman–Crippen MR) is 110 cm³/mol. The fourth-order valence-electron chi connectivity index (χ4n) is 3.91. The Morgan fingerprint density at radius 3 is 2.47 bits per heavy atom. The molecule has 1 aliphatic heterocycles. The van der Waals surface area contributed by atoms with Crippen LogP contribution in [0.4, 0.5) is 17.6 Å². The van der Waals surface area contributed by atoms with E-state index in [2.05, 4.69) is 9.98 Å². The lowest BCUT2D eigenvalue weighted by molar-refractivity contribution is 0.0756. The van der Waals surface area contributed by atoms with Gasteiger partial charge >= 0.3 is 0 Å². The number of hydrogen-bond donors (Lipinski definition) is 1. The van der Waals surface area contributed by atoms with Crippen molar-refractivity contribution < 1.29 is 22.4 Å². The molecule has 0 fully saturated rings. The van der Waals surface area contributed by atoms with Crippen LogP contribution in [-0.4, -0.2) is 46.0 Å². The van der Waals surface area contributed by atoms with E-state index in [0.29, 0.717) is 28.3 Å². The maximum atomic E-state index is 13.7. The van der Waals surface area contributed by atoms with Crippen LogP contribution in [0.3, 0.4) is 0 Å². The van der Waals surface area contributed by atoms with E-state index in [9.17, 15) is 22.4 Å². The molecule has 1 aliphatic rings. The van der Waals surface area contributed by atoms with E-state index in [1.807, 2.05) is 0 Å². The number of rotatable bonds is 3. The van der Waals surface area contributed by atoms with Crippen LogP contribution < -0.4 is 5.73 Å². The number of hydrogen-bond acceptors (Lipinski definition) is 4. The van der Waals surface area contributed by atoms with Crippen molar-refractivity contribution in [1.29, 1.82) is 0 Å². The average Bonchev–Trinajstić information content (AvgIpc) is 3.07. The fourth-order valence-corrected chi connectivity index (χ4v) is 3.91. The molecule has 1 amide bonds. The van der Waals surface area contributed by atoms with Crippen molar-refractivity contribution in [3.05, 3.63) is 82.0 Å². The van der Waals surface area contributed by atoms with E-state index < -0.39 is 23.3 Å². The maximum Gasteiger partial charge on any atom is 0.273 e. The first kappa shape index (κ1) is 21.5. The van der Waals surface area contributed by atoms with Crippen molar-refractivity contribution in [3.63, 3.8) is 0 Å². The summed E-state index contributed by atoms with van der Waals surface area (Å²) in [6.07, 6.45) is 1.71. The van der Waals surface area contributed by atoms with Gasteiger partial charge in [0, 0.05) is 42.7 Å². The second kappa shape index (κ2) is 8.10. The molecular weight excluding hydrogens is 426 g/mol. The molecule has 0 unspecified atom stereocenters. The van der Waals surface area contributed by atoms with Gasteiger partial charge in [-0.15, -0.1) is 0 Å². The summed E-state index contributed by atoms with van der Waals surface area (Å²) in [5.41, 5.74) is 8.39. The van der Waals surface area contributed by atoms with Gasteiger partial charge in [0.05, 0.1) is 18.0 Å². The van der Waals surface area contributed by atoms with E-state index >= 15 is 0 Å². The summed E-state index contributed by atoms with van der Waals surface area (Å²) in [6, 6.07) is 4.19. The first-order chi connectivity index (χ1) is 15.2. The molecule has 0 aliphatic carbocycles. The van der Waals surface area contributed by atoms with Gasteiger partial charge in [0.1, 0.15) is 17.2 Å². The zero-order valence-corrected chi connectivity index (χ0v) is 17.3. The van der Waals surface area contributed by atoms with Crippen LogP contribution in [0.5, 0.6) is 0 Å². The SMILES string of the molecule is CN=C(C1=C(N)CN(C(=O)c2c(C)nc3cc(F)ccn23)CC1)c1cc(F)c(F)c(F)c1. The minimum Gasteiger partial charge on any atom is -0.400 e. The van der Waals surface area contributed by atoms with Crippen LogP contribution in [0, 0.1) is 30.2 Å². The molecule has 3 heterocycles. The summed E-state index contributed by atoms with van der Waals surface area (Å²) in [5.74, 6) is -5.01.